The van der Waals surface area contributed by atoms with Crippen LogP contribution < -0.4 is 9.64 Å². The summed E-state index contributed by atoms with van der Waals surface area (Å²) in [6, 6.07) is 13.6. The van der Waals surface area contributed by atoms with E-state index in [0.29, 0.717) is 26.6 Å². The van der Waals surface area contributed by atoms with Gasteiger partial charge in [0.2, 0.25) is 0 Å². The van der Waals surface area contributed by atoms with Crippen LogP contribution in [0.25, 0.3) is 0 Å². The summed E-state index contributed by atoms with van der Waals surface area (Å²) in [6.07, 6.45) is 0. The molecule has 0 saturated carbocycles. The van der Waals surface area contributed by atoms with Gasteiger partial charge in [-0.15, -0.1) is 0 Å². The molecule has 2 aliphatic heterocycles. The van der Waals surface area contributed by atoms with Crippen molar-refractivity contribution in [3.8, 4) is 5.75 Å². The highest BCUT2D eigenvalue weighted by molar-refractivity contribution is 8.16. The van der Waals surface area contributed by atoms with Crippen LogP contribution in [0.3, 0.4) is 0 Å². The minimum Gasteiger partial charge on any atom is -0.484 e. The van der Waals surface area contributed by atoms with Gasteiger partial charge in [-0.25, -0.2) is 8.42 Å². The Morgan fingerprint density at radius 3 is 2.66 bits per heavy atom. The number of hydrogen-bond donors (Lipinski definition) is 0. The largest absolute Gasteiger partial charge is 0.484 e. The van der Waals surface area contributed by atoms with Gasteiger partial charge in [0.25, 0.3) is 5.91 Å². The van der Waals surface area contributed by atoms with Crippen molar-refractivity contribution >= 4 is 61.6 Å². The molecule has 4 rings (SSSR count). The predicted octanol–water partition coefficient (Wildman–Crippen LogP) is 3.67. The Morgan fingerprint density at radius 1 is 1.17 bits per heavy atom. The SMILES string of the molecule is O=C(COc1ccccc1)N=C1S[C@@H]2CS(=O)(=O)C[C@H]2N1c1ccc(Cl)cc1Cl. The summed E-state index contributed by atoms with van der Waals surface area (Å²) in [5, 5.41) is 1.03. The van der Waals surface area contributed by atoms with E-state index >= 15 is 0 Å². The molecule has 0 aromatic heterocycles. The van der Waals surface area contributed by atoms with Crippen LogP contribution in [-0.4, -0.2) is 48.9 Å². The molecule has 0 unspecified atom stereocenters. The van der Waals surface area contributed by atoms with Gasteiger partial charge in [-0.05, 0) is 30.3 Å². The number of aliphatic imine (C=N–C) groups is 1. The molecule has 1 amide bonds. The molecular formula is C19H16Cl2N2O4S2. The van der Waals surface area contributed by atoms with Crippen LogP contribution in [0.15, 0.2) is 53.5 Å². The Bertz CT molecular complexity index is 1080. The van der Waals surface area contributed by atoms with Crippen molar-refractivity contribution in [2.75, 3.05) is 23.0 Å². The first-order valence-corrected chi connectivity index (χ1v) is 12.2. The number of rotatable bonds is 4. The number of amidine groups is 1. The van der Waals surface area contributed by atoms with Crippen LogP contribution in [0, 0.1) is 0 Å². The minimum absolute atomic E-state index is 0.0165. The van der Waals surface area contributed by atoms with Crippen LogP contribution >= 0.6 is 35.0 Å². The number of carbonyl (C=O) groups is 1. The van der Waals surface area contributed by atoms with Gasteiger partial charge >= 0.3 is 0 Å². The number of thioether (sulfide) groups is 1. The molecule has 2 aromatic rings. The zero-order chi connectivity index (χ0) is 20.6. The van der Waals surface area contributed by atoms with E-state index in [-0.39, 0.29) is 29.4 Å². The highest BCUT2D eigenvalue weighted by Gasteiger charge is 2.49. The first-order chi connectivity index (χ1) is 13.8. The summed E-state index contributed by atoms with van der Waals surface area (Å²) in [7, 11) is -3.16. The molecule has 2 heterocycles. The molecule has 152 valence electrons. The smallest absolute Gasteiger partial charge is 0.285 e. The number of para-hydroxylation sites is 1. The maximum absolute atomic E-state index is 12.4. The van der Waals surface area contributed by atoms with Gasteiger partial charge in [0.05, 0.1) is 28.3 Å². The standard InChI is InChI=1S/C19H16Cl2N2O4S2/c20-12-6-7-15(14(21)8-12)23-16-10-29(25,26)11-17(16)28-19(23)22-18(24)9-27-13-4-2-1-3-5-13/h1-8,16-17H,9-11H2/t16-,17-/m1/s1. The number of anilines is 1. The highest BCUT2D eigenvalue weighted by Crippen LogP contribution is 2.43. The van der Waals surface area contributed by atoms with Gasteiger partial charge in [-0.1, -0.05) is 53.2 Å². The molecule has 0 spiro atoms. The maximum atomic E-state index is 12.4. The fourth-order valence-electron chi connectivity index (χ4n) is 3.32. The van der Waals surface area contributed by atoms with Gasteiger partial charge in [0.1, 0.15) is 5.75 Å². The molecule has 29 heavy (non-hydrogen) atoms. The fraction of sp³-hybridized carbons (Fsp3) is 0.263. The molecule has 0 N–H and O–H groups in total. The second-order valence-electron chi connectivity index (χ2n) is 6.66. The molecular weight excluding hydrogens is 455 g/mol. The average molecular weight is 471 g/mol. The maximum Gasteiger partial charge on any atom is 0.285 e. The summed E-state index contributed by atoms with van der Waals surface area (Å²) in [5.41, 5.74) is 0.573. The topological polar surface area (TPSA) is 76.0 Å². The lowest BCUT2D eigenvalue weighted by molar-refractivity contribution is -0.119. The summed E-state index contributed by atoms with van der Waals surface area (Å²) in [5.74, 6) is 0.129. The Morgan fingerprint density at radius 2 is 1.93 bits per heavy atom. The van der Waals surface area contributed by atoms with E-state index in [4.69, 9.17) is 27.9 Å². The Kier molecular flexibility index (Phi) is 5.79. The lowest BCUT2D eigenvalue weighted by atomic mass is 10.2. The first-order valence-electron chi connectivity index (χ1n) is 8.73. The Labute approximate surface area is 182 Å². The van der Waals surface area contributed by atoms with Crippen molar-refractivity contribution in [1.29, 1.82) is 0 Å². The molecule has 0 bridgehead atoms. The number of hydrogen-bond acceptors (Lipinski definition) is 5. The quantitative estimate of drug-likeness (QED) is 0.678. The van der Waals surface area contributed by atoms with Crippen LogP contribution in [0.5, 0.6) is 5.75 Å². The molecule has 6 nitrogen and oxygen atoms in total. The van der Waals surface area contributed by atoms with Gasteiger partial charge in [-0.2, -0.15) is 4.99 Å². The lowest BCUT2D eigenvalue weighted by Crippen LogP contribution is -2.38. The Hall–Kier alpha value is -1.74. The third-order valence-corrected chi connectivity index (χ3v) is 8.31. The Balaban J connectivity index is 1.60. The van der Waals surface area contributed by atoms with Crippen molar-refractivity contribution in [3.63, 3.8) is 0 Å². The van der Waals surface area contributed by atoms with E-state index in [1.807, 2.05) is 18.2 Å². The number of ether oxygens (including phenoxy) is 1. The summed E-state index contributed by atoms with van der Waals surface area (Å²) in [4.78, 5) is 18.3. The number of benzene rings is 2. The number of halogens is 2. The number of nitrogens with zero attached hydrogens (tertiary/aromatic N) is 2. The van der Waals surface area contributed by atoms with E-state index in [1.54, 1.807) is 35.2 Å². The van der Waals surface area contributed by atoms with Gasteiger partial charge in [-0.3, -0.25) is 4.79 Å². The van der Waals surface area contributed by atoms with Crippen molar-refractivity contribution in [2.24, 2.45) is 4.99 Å². The molecule has 10 heteroatoms. The van der Waals surface area contributed by atoms with Crippen molar-refractivity contribution in [2.45, 2.75) is 11.3 Å². The van der Waals surface area contributed by atoms with Crippen molar-refractivity contribution in [1.82, 2.24) is 0 Å². The van der Waals surface area contributed by atoms with E-state index < -0.39 is 15.7 Å². The molecule has 0 radical (unpaired) electrons. The van der Waals surface area contributed by atoms with Gasteiger partial charge < -0.3 is 9.64 Å². The van der Waals surface area contributed by atoms with Crippen molar-refractivity contribution < 1.29 is 17.9 Å². The molecule has 2 aliphatic rings. The molecule has 0 aliphatic carbocycles. The predicted molar refractivity (Wildman–Crippen MR) is 117 cm³/mol. The van der Waals surface area contributed by atoms with Crippen LogP contribution in [-0.2, 0) is 14.6 Å². The second-order valence-corrected chi connectivity index (χ2v) is 10.9. The van der Waals surface area contributed by atoms with Gasteiger partial charge in [0, 0.05) is 10.3 Å². The van der Waals surface area contributed by atoms with Gasteiger partial charge in [0.15, 0.2) is 21.6 Å². The monoisotopic (exact) mass is 470 g/mol. The van der Waals surface area contributed by atoms with Crippen molar-refractivity contribution in [3.05, 3.63) is 58.6 Å². The number of sulfone groups is 1. The zero-order valence-corrected chi connectivity index (χ0v) is 18.1. The highest BCUT2D eigenvalue weighted by atomic mass is 35.5. The third kappa shape index (κ3) is 4.55. The molecule has 2 atom stereocenters. The molecule has 2 aromatic carbocycles. The van der Waals surface area contributed by atoms with Crippen LogP contribution in [0.4, 0.5) is 5.69 Å². The molecule has 2 saturated heterocycles. The normalized spacial score (nSPS) is 23.9. The number of fused-ring (bicyclic) bond motifs is 1. The van der Waals surface area contributed by atoms with Crippen LogP contribution in [0.1, 0.15) is 0 Å². The average Bonchev–Trinajstić information content (AvgIpc) is 3.12. The lowest BCUT2D eigenvalue weighted by Gasteiger charge is -2.25. The zero-order valence-electron chi connectivity index (χ0n) is 15.0. The minimum atomic E-state index is -3.16. The second kappa shape index (κ2) is 8.18. The summed E-state index contributed by atoms with van der Waals surface area (Å²) >= 11 is 13.6. The first kappa shape index (κ1) is 20.5. The van der Waals surface area contributed by atoms with E-state index in [9.17, 15) is 13.2 Å². The summed E-state index contributed by atoms with van der Waals surface area (Å²) < 4.78 is 29.7. The number of amides is 1. The molecule has 2 fully saturated rings. The summed E-state index contributed by atoms with van der Waals surface area (Å²) in [6.45, 7) is -0.218. The van der Waals surface area contributed by atoms with E-state index in [1.165, 1.54) is 11.8 Å². The van der Waals surface area contributed by atoms with Crippen LogP contribution in [0.2, 0.25) is 10.0 Å². The van der Waals surface area contributed by atoms with E-state index in [2.05, 4.69) is 4.99 Å². The number of carbonyl (C=O) groups excluding carboxylic acids is 1. The van der Waals surface area contributed by atoms with E-state index in [0.717, 1.165) is 0 Å². The third-order valence-electron chi connectivity index (χ3n) is 4.56. The fourth-order valence-corrected chi connectivity index (χ4v) is 7.75.